The van der Waals surface area contributed by atoms with E-state index in [0.717, 1.165) is 5.56 Å². The lowest BCUT2D eigenvalue weighted by Gasteiger charge is -2.08. The third-order valence-electron chi connectivity index (χ3n) is 2.72. The van der Waals surface area contributed by atoms with Crippen LogP contribution in [0.15, 0.2) is 42.5 Å². The summed E-state index contributed by atoms with van der Waals surface area (Å²) in [4.78, 5) is 11.9. The Morgan fingerprint density at radius 3 is 2.70 bits per heavy atom. The van der Waals surface area contributed by atoms with Crippen LogP contribution in [-0.4, -0.2) is 5.97 Å². The molecule has 2 rings (SSSR count). The van der Waals surface area contributed by atoms with E-state index in [9.17, 15) is 4.79 Å². The van der Waals surface area contributed by atoms with Crippen molar-refractivity contribution in [1.29, 1.82) is 5.26 Å². The predicted octanol–water partition coefficient (Wildman–Crippen LogP) is 2.08. The average molecular weight is 267 g/mol. The number of esters is 1. The van der Waals surface area contributed by atoms with Crippen LogP contribution < -0.4 is 11.5 Å². The maximum Gasteiger partial charge on any atom is 0.340 e. The van der Waals surface area contributed by atoms with Gasteiger partial charge in [-0.3, -0.25) is 0 Å². The van der Waals surface area contributed by atoms with Crippen LogP contribution >= 0.6 is 0 Å². The molecule has 0 saturated carbocycles. The Labute approximate surface area is 116 Å². The Morgan fingerprint density at radius 2 is 2.00 bits per heavy atom. The summed E-state index contributed by atoms with van der Waals surface area (Å²) in [7, 11) is 0. The molecule has 0 radical (unpaired) electrons. The lowest BCUT2D eigenvalue weighted by molar-refractivity contribution is 0.0474. The van der Waals surface area contributed by atoms with Crippen LogP contribution in [0.25, 0.3) is 0 Å². The van der Waals surface area contributed by atoms with E-state index in [1.54, 1.807) is 30.3 Å². The quantitative estimate of drug-likeness (QED) is 0.654. The number of nitrogen functional groups attached to an aromatic ring is 2. The second kappa shape index (κ2) is 5.76. The maximum atomic E-state index is 11.9. The molecule has 20 heavy (non-hydrogen) atoms. The van der Waals surface area contributed by atoms with Crippen LogP contribution in [0.4, 0.5) is 11.4 Å². The van der Waals surface area contributed by atoms with Gasteiger partial charge in [-0.25, -0.2) is 4.79 Å². The van der Waals surface area contributed by atoms with Crippen molar-refractivity contribution >= 4 is 17.3 Å². The molecular formula is C15H13N3O2. The molecule has 0 heterocycles. The Morgan fingerprint density at radius 1 is 1.20 bits per heavy atom. The summed E-state index contributed by atoms with van der Waals surface area (Å²) in [6, 6.07) is 13.5. The van der Waals surface area contributed by atoms with E-state index in [1.807, 2.05) is 6.07 Å². The minimum absolute atomic E-state index is 0.0815. The number of hydrogen-bond donors (Lipinski definition) is 2. The Balaban J connectivity index is 2.07. The molecule has 0 amide bonds. The highest BCUT2D eigenvalue weighted by molar-refractivity contribution is 5.95. The molecule has 5 heteroatoms. The third-order valence-corrected chi connectivity index (χ3v) is 2.72. The van der Waals surface area contributed by atoms with E-state index in [1.165, 1.54) is 12.1 Å². The van der Waals surface area contributed by atoms with Crippen LogP contribution in [0.5, 0.6) is 0 Å². The van der Waals surface area contributed by atoms with Crippen molar-refractivity contribution in [3.8, 4) is 6.07 Å². The lowest BCUT2D eigenvalue weighted by atomic mass is 10.1. The Hall–Kier alpha value is -3.00. The van der Waals surface area contributed by atoms with Gasteiger partial charge in [-0.2, -0.15) is 5.26 Å². The highest BCUT2D eigenvalue weighted by Crippen LogP contribution is 2.17. The number of ether oxygens (including phenoxy) is 1. The summed E-state index contributed by atoms with van der Waals surface area (Å²) >= 11 is 0. The zero-order valence-corrected chi connectivity index (χ0v) is 10.7. The molecule has 0 aromatic heterocycles. The van der Waals surface area contributed by atoms with E-state index in [4.69, 9.17) is 21.5 Å². The predicted molar refractivity (Wildman–Crippen MR) is 75.5 cm³/mol. The van der Waals surface area contributed by atoms with Gasteiger partial charge in [0.05, 0.1) is 17.2 Å². The van der Waals surface area contributed by atoms with Crippen molar-refractivity contribution in [3.63, 3.8) is 0 Å². The number of benzene rings is 2. The number of hydrogen-bond acceptors (Lipinski definition) is 5. The molecule has 5 nitrogen and oxygen atoms in total. The van der Waals surface area contributed by atoms with Crippen LogP contribution in [0.2, 0.25) is 0 Å². The third kappa shape index (κ3) is 3.06. The van der Waals surface area contributed by atoms with Crippen molar-refractivity contribution < 1.29 is 9.53 Å². The fourth-order valence-corrected chi connectivity index (χ4v) is 1.72. The minimum atomic E-state index is -0.523. The van der Waals surface area contributed by atoms with Gasteiger partial charge in [-0.1, -0.05) is 12.1 Å². The number of carbonyl (C=O) groups is 1. The van der Waals surface area contributed by atoms with Crippen molar-refractivity contribution in [2.75, 3.05) is 11.5 Å². The van der Waals surface area contributed by atoms with E-state index >= 15 is 0 Å². The average Bonchev–Trinajstić information content (AvgIpc) is 2.45. The topological polar surface area (TPSA) is 102 Å². The summed E-state index contributed by atoms with van der Waals surface area (Å²) in [5, 5.41) is 8.79. The number of nitrogens with zero attached hydrogens (tertiary/aromatic N) is 1. The SMILES string of the molecule is N#Cc1cccc(COC(=O)c2ccc(N)cc2N)c1. The zero-order valence-electron chi connectivity index (χ0n) is 10.7. The normalized spacial score (nSPS) is 9.75. The molecule has 0 bridgehead atoms. The monoisotopic (exact) mass is 267 g/mol. The highest BCUT2D eigenvalue weighted by Gasteiger charge is 2.11. The summed E-state index contributed by atoms with van der Waals surface area (Å²) in [6.45, 7) is 0.0815. The van der Waals surface area contributed by atoms with E-state index in [0.29, 0.717) is 11.3 Å². The van der Waals surface area contributed by atoms with E-state index in [2.05, 4.69) is 0 Å². The molecule has 0 unspecified atom stereocenters. The van der Waals surface area contributed by atoms with Crippen molar-refractivity contribution in [2.45, 2.75) is 6.61 Å². The van der Waals surface area contributed by atoms with Crippen LogP contribution in [-0.2, 0) is 11.3 Å². The molecule has 4 N–H and O–H groups in total. The van der Waals surface area contributed by atoms with Crippen LogP contribution in [0.1, 0.15) is 21.5 Å². The second-order valence-corrected chi connectivity index (χ2v) is 4.24. The molecule has 2 aromatic rings. The molecule has 100 valence electrons. The van der Waals surface area contributed by atoms with Gasteiger partial charge in [0.2, 0.25) is 0 Å². The molecule has 0 aliphatic carbocycles. The van der Waals surface area contributed by atoms with Gasteiger partial charge in [0, 0.05) is 11.4 Å². The maximum absolute atomic E-state index is 11.9. The fraction of sp³-hybridized carbons (Fsp3) is 0.0667. The first-order valence-corrected chi connectivity index (χ1v) is 5.91. The van der Waals surface area contributed by atoms with Gasteiger partial charge in [0.1, 0.15) is 6.61 Å². The van der Waals surface area contributed by atoms with Gasteiger partial charge in [0.15, 0.2) is 0 Å². The highest BCUT2D eigenvalue weighted by atomic mass is 16.5. The van der Waals surface area contributed by atoms with Gasteiger partial charge in [0.25, 0.3) is 0 Å². The molecule has 0 aliphatic rings. The van der Waals surface area contributed by atoms with Crippen molar-refractivity contribution in [1.82, 2.24) is 0 Å². The summed E-state index contributed by atoms with van der Waals surface area (Å²) in [6.07, 6.45) is 0. The fourth-order valence-electron chi connectivity index (χ4n) is 1.72. The molecule has 0 spiro atoms. The second-order valence-electron chi connectivity index (χ2n) is 4.24. The van der Waals surface area contributed by atoms with E-state index in [-0.39, 0.29) is 17.9 Å². The standard InChI is InChI=1S/C15H13N3O2/c16-8-10-2-1-3-11(6-10)9-20-15(19)13-5-4-12(17)7-14(13)18/h1-7H,9,17-18H2. The lowest BCUT2D eigenvalue weighted by Crippen LogP contribution is -2.08. The van der Waals surface area contributed by atoms with Crippen molar-refractivity contribution in [3.05, 3.63) is 59.2 Å². The summed E-state index contributed by atoms with van der Waals surface area (Å²) in [5.74, 6) is -0.523. The molecular weight excluding hydrogens is 254 g/mol. The van der Waals surface area contributed by atoms with Gasteiger partial charge >= 0.3 is 5.97 Å². The number of anilines is 2. The minimum Gasteiger partial charge on any atom is -0.457 e. The largest absolute Gasteiger partial charge is 0.457 e. The first-order valence-electron chi connectivity index (χ1n) is 5.91. The summed E-state index contributed by atoms with van der Waals surface area (Å²) in [5.41, 5.74) is 13.6. The number of carbonyl (C=O) groups excluding carboxylic acids is 1. The number of nitriles is 1. The molecule has 0 saturated heterocycles. The van der Waals surface area contributed by atoms with Crippen LogP contribution in [0, 0.1) is 11.3 Å². The molecule has 0 fully saturated rings. The molecule has 2 aromatic carbocycles. The first kappa shape index (κ1) is 13.4. The van der Waals surface area contributed by atoms with Crippen molar-refractivity contribution in [2.24, 2.45) is 0 Å². The van der Waals surface area contributed by atoms with E-state index < -0.39 is 5.97 Å². The van der Waals surface area contributed by atoms with Crippen LogP contribution in [0.3, 0.4) is 0 Å². The first-order chi connectivity index (χ1) is 9.60. The summed E-state index contributed by atoms with van der Waals surface area (Å²) < 4.78 is 5.17. The Bertz CT molecular complexity index is 690. The van der Waals surface area contributed by atoms with Gasteiger partial charge in [-0.05, 0) is 35.9 Å². The van der Waals surface area contributed by atoms with Gasteiger partial charge in [-0.15, -0.1) is 0 Å². The van der Waals surface area contributed by atoms with Gasteiger partial charge < -0.3 is 16.2 Å². The number of rotatable bonds is 3. The molecule has 0 atom stereocenters. The molecule has 0 aliphatic heterocycles. The zero-order chi connectivity index (χ0) is 14.5. The smallest absolute Gasteiger partial charge is 0.340 e. The Kier molecular flexibility index (Phi) is 3.87. The number of nitrogens with two attached hydrogens (primary N) is 2.